The first-order valence-electron chi connectivity index (χ1n) is 7.08. The largest absolute Gasteiger partial charge is 0.711 e. The second-order valence-electron chi connectivity index (χ2n) is 5.38. The quantitative estimate of drug-likeness (QED) is 0.493. The molecule has 1 aromatic carbocycles. The number of carbonyl (C=O) groups excluding carboxylic acids is 1. The summed E-state index contributed by atoms with van der Waals surface area (Å²) in [6.07, 6.45) is 5.29. The molecular weight excluding hydrogens is 304 g/mol. The van der Waals surface area contributed by atoms with Crippen molar-refractivity contribution >= 4 is 17.6 Å². The van der Waals surface area contributed by atoms with Crippen molar-refractivity contribution in [1.82, 2.24) is 4.98 Å². The van der Waals surface area contributed by atoms with Crippen LogP contribution in [0.25, 0.3) is 0 Å². The smallest absolute Gasteiger partial charge is 0.339 e. The highest BCUT2D eigenvalue weighted by molar-refractivity contribution is 6.30. The third-order valence-corrected chi connectivity index (χ3v) is 4.36. The van der Waals surface area contributed by atoms with Gasteiger partial charge in [-0.2, -0.15) is 0 Å². The summed E-state index contributed by atoms with van der Waals surface area (Å²) in [7, 11) is 0. The highest BCUT2D eigenvalue weighted by atomic mass is 35.5. The van der Waals surface area contributed by atoms with Crippen LogP contribution < -0.4 is 4.73 Å². The summed E-state index contributed by atoms with van der Waals surface area (Å²) < 4.78 is 5.95. The SMILES string of the molecule is O=C(OCc1nccc[n+]1[O-])C1(c2ccc(Cl)cc2)CCC1. The van der Waals surface area contributed by atoms with Crippen molar-refractivity contribution in [2.75, 3.05) is 0 Å². The maximum Gasteiger partial charge on any atom is 0.339 e. The molecule has 0 unspecified atom stereocenters. The Hall–Kier alpha value is -2.14. The summed E-state index contributed by atoms with van der Waals surface area (Å²) in [4.78, 5) is 16.4. The van der Waals surface area contributed by atoms with Crippen LogP contribution in [0.15, 0.2) is 42.7 Å². The van der Waals surface area contributed by atoms with Gasteiger partial charge in [0.05, 0.1) is 11.6 Å². The van der Waals surface area contributed by atoms with Crippen LogP contribution in [0.2, 0.25) is 5.02 Å². The Morgan fingerprint density at radius 3 is 2.68 bits per heavy atom. The second-order valence-corrected chi connectivity index (χ2v) is 5.82. The zero-order valence-corrected chi connectivity index (χ0v) is 12.6. The number of esters is 1. The molecule has 1 aromatic heterocycles. The molecular formula is C16H15ClN2O3. The molecule has 6 heteroatoms. The standard InChI is InChI=1S/C16H15ClN2O3/c17-13-5-3-12(4-6-13)16(7-1-8-16)15(20)22-11-14-18-9-2-10-19(14)21/h2-6,9-10H,1,7-8,11H2. The molecule has 1 aliphatic carbocycles. The van der Waals surface area contributed by atoms with Crippen LogP contribution in [0, 0.1) is 5.21 Å². The van der Waals surface area contributed by atoms with Crippen LogP contribution in [0.5, 0.6) is 0 Å². The summed E-state index contributed by atoms with van der Waals surface area (Å²) in [6, 6.07) is 8.79. The number of aromatic nitrogens is 2. The third kappa shape index (κ3) is 2.64. The Morgan fingerprint density at radius 2 is 2.09 bits per heavy atom. The minimum Gasteiger partial charge on any atom is -0.711 e. The maximum absolute atomic E-state index is 12.5. The molecule has 2 aromatic rings. The summed E-state index contributed by atoms with van der Waals surface area (Å²) in [5, 5.41) is 12.2. The fourth-order valence-electron chi connectivity index (χ4n) is 2.67. The minimum absolute atomic E-state index is 0.126. The van der Waals surface area contributed by atoms with Gasteiger partial charge in [0.2, 0.25) is 0 Å². The lowest BCUT2D eigenvalue weighted by Gasteiger charge is -2.39. The summed E-state index contributed by atoms with van der Waals surface area (Å²) in [6.45, 7) is -0.126. The van der Waals surface area contributed by atoms with E-state index >= 15 is 0 Å². The van der Waals surface area contributed by atoms with E-state index in [0.29, 0.717) is 9.75 Å². The first-order valence-corrected chi connectivity index (χ1v) is 7.46. The van der Waals surface area contributed by atoms with Gasteiger partial charge in [-0.25, -0.2) is 4.73 Å². The minimum atomic E-state index is -0.618. The number of nitrogens with zero attached hydrogens (tertiary/aromatic N) is 2. The van der Waals surface area contributed by atoms with Crippen LogP contribution >= 0.6 is 11.6 Å². The van der Waals surface area contributed by atoms with E-state index in [-0.39, 0.29) is 18.4 Å². The molecule has 0 amide bonds. The van der Waals surface area contributed by atoms with E-state index in [9.17, 15) is 10.0 Å². The Balaban J connectivity index is 1.75. The Kier molecular flexibility index (Phi) is 3.98. The molecule has 3 rings (SSSR count). The van der Waals surface area contributed by atoms with Gasteiger partial charge in [0.1, 0.15) is 6.20 Å². The summed E-state index contributed by atoms with van der Waals surface area (Å²) in [5.74, 6) is -0.145. The third-order valence-electron chi connectivity index (χ3n) is 4.11. The van der Waals surface area contributed by atoms with E-state index in [2.05, 4.69) is 4.98 Å². The lowest BCUT2D eigenvalue weighted by molar-refractivity contribution is -0.620. The second kappa shape index (κ2) is 5.93. The lowest BCUT2D eigenvalue weighted by atomic mass is 9.64. The van der Waals surface area contributed by atoms with E-state index in [1.54, 1.807) is 12.1 Å². The van der Waals surface area contributed by atoms with Gasteiger partial charge in [-0.15, -0.1) is 0 Å². The molecule has 0 spiro atoms. The zero-order valence-electron chi connectivity index (χ0n) is 11.9. The van der Waals surface area contributed by atoms with Crippen molar-refractivity contribution in [2.24, 2.45) is 0 Å². The van der Waals surface area contributed by atoms with Gasteiger partial charge in [0.25, 0.3) is 0 Å². The molecule has 1 saturated carbocycles. The molecule has 114 valence electrons. The summed E-state index contributed by atoms with van der Waals surface area (Å²) >= 11 is 5.90. The van der Waals surface area contributed by atoms with Gasteiger partial charge in [-0.3, -0.25) is 4.79 Å². The first kappa shape index (κ1) is 14.8. The Morgan fingerprint density at radius 1 is 1.36 bits per heavy atom. The van der Waals surface area contributed by atoms with Gasteiger partial charge in [0, 0.05) is 11.1 Å². The molecule has 1 fully saturated rings. The van der Waals surface area contributed by atoms with E-state index < -0.39 is 5.41 Å². The van der Waals surface area contributed by atoms with Crippen molar-refractivity contribution < 1.29 is 14.3 Å². The molecule has 0 saturated heterocycles. The average Bonchev–Trinajstić information content (AvgIpc) is 2.47. The highest BCUT2D eigenvalue weighted by Crippen LogP contribution is 2.45. The van der Waals surface area contributed by atoms with E-state index in [0.717, 1.165) is 24.8 Å². The van der Waals surface area contributed by atoms with Gasteiger partial charge >= 0.3 is 11.8 Å². The number of rotatable bonds is 4. The van der Waals surface area contributed by atoms with Gasteiger partial charge in [-0.05, 0) is 35.5 Å². The number of benzene rings is 1. The van der Waals surface area contributed by atoms with Crippen LogP contribution in [0.1, 0.15) is 30.7 Å². The van der Waals surface area contributed by atoms with Gasteiger partial charge < -0.3 is 9.94 Å². The maximum atomic E-state index is 12.5. The van der Waals surface area contributed by atoms with Crippen molar-refractivity contribution in [1.29, 1.82) is 0 Å². The molecule has 5 nitrogen and oxygen atoms in total. The van der Waals surface area contributed by atoms with E-state index in [4.69, 9.17) is 16.3 Å². The van der Waals surface area contributed by atoms with Crippen molar-refractivity contribution in [3.8, 4) is 0 Å². The molecule has 22 heavy (non-hydrogen) atoms. The number of carbonyl (C=O) groups is 1. The topological polar surface area (TPSA) is 66.1 Å². The monoisotopic (exact) mass is 318 g/mol. The van der Waals surface area contributed by atoms with Gasteiger partial charge in [-0.1, -0.05) is 30.2 Å². The number of halogens is 1. The van der Waals surface area contributed by atoms with Gasteiger partial charge in [0.15, 0.2) is 6.61 Å². The molecule has 0 atom stereocenters. The molecule has 0 bridgehead atoms. The molecule has 0 radical (unpaired) electrons. The van der Waals surface area contributed by atoms with Crippen LogP contribution in [-0.4, -0.2) is 11.0 Å². The highest BCUT2D eigenvalue weighted by Gasteiger charge is 2.47. The number of hydrogen-bond acceptors (Lipinski definition) is 4. The zero-order chi connectivity index (χ0) is 15.6. The molecule has 0 aliphatic heterocycles. The fourth-order valence-corrected chi connectivity index (χ4v) is 2.79. The van der Waals surface area contributed by atoms with Crippen molar-refractivity contribution in [3.05, 3.63) is 64.3 Å². The molecule has 1 heterocycles. The van der Waals surface area contributed by atoms with Crippen LogP contribution in [0.3, 0.4) is 0 Å². The molecule has 1 aliphatic rings. The van der Waals surface area contributed by atoms with E-state index in [1.807, 2.05) is 12.1 Å². The average molecular weight is 319 g/mol. The first-order chi connectivity index (χ1) is 10.6. The van der Waals surface area contributed by atoms with Crippen molar-refractivity contribution in [2.45, 2.75) is 31.3 Å². The number of hydrogen-bond donors (Lipinski definition) is 0. The fraction of sp³-hybridized carbons (Fsp3) is 0.312. The Labute approximate surface area is 133 Å². The Bertz CT molecular complexity index is 684. The normalized spacial score (nSPS) is 15.9. The predicted octanol–water partition coefficient (Wildman–Crippen LogP) is 2.53. The molecule has 0 N–H and O–H groups in total. The van der Waals surface area contributed by atoms with Crippen LogP contribution in [-0.2, 0) is 21.6 Å². The predicted molar refractivity (Wildman–Crippen MR) is 80.0 cm³/mol. The lowest BCUT2D eigenvalue weighted by Crippen LogP contribution is -2.44. The van der Waals surface area contributed by atoms with Crippen LogP contribution in [0.4, 0.5) is 0 Å². The number of ether oxygens (including phenoxy) is 1. The van der Waals surface area contributed by atoms with E-state index in [1.165, 1.54) is 18.5 Å². The summed E-state index contributed by atoms with van der Waals surface area (Å²) in [5.41, 5.74) is 0.289. The van der Waals surface area contributed by atoms with Crippen molar-refractivity contribution in [3.63, 3.8) is 0 Å².